The van der Waals surface area contributed by atoms with Gasteiger partial charge in [0.1, 0.15) is 11.8 Å². The van der Waals surface area contributed by atoms with E-state index in [1.807, 2.05) is 39.6 Å². The van der Waals surface area contributed by atoms with Crippen LogP contribution >= 0.6 is 0 Å². The minimum absolute atomic E-state index is 0.0219. The highest BCUT2D eigenvalue weighted by Gasteiger charge is 2.31. The second-order valence-electron chi connectivity index (χ2n) is 13.2. The van der Waals surface area contributed by atoms with E-state index in [9.17, 15) is 9.59 Å². The van der Waals surface area contributed by atoms with Crippen LogP contribution in [0, 0.1) is 12.8 Å². The average molecular weight is 597 g/mol. The number of nitrogens with two attached hydrogens (primary N) is 1. The summed E-state index contributed by atoms with van der Waals surface area (Å²) in [4.78, 5) is 29.9. The number of ether oxygens (including phenoxy) is 1. The summed E-state index contributed by atoms with van der Waals surface area (Å²) < 4.78 is 9.69. The number of methoxy groups -OCH3 is 1. The van der Waals surface area contributed by atoms with Crippen LogP contribution in [0.4, 0.5) is 0 Å². The van der Waals surface area contributed by atoms with Gasteiger partial charge >= 0.3 is 0 Å². The molecule has 1 saturated carbocycles. The largest absolute Gasteiger partial charge is 0.372 e. The maximum atomic E-state index is 13.3. The van der Waals surface area contributed by atoms with Gasteiger partial charge in [0.05, 0.1) is 22.3 Å². The zero-order chi connectivity index (χ0) is 30.5. The standard InChI is InChI=1S/C35H44N6O3/c1-22-30-12-11-27(35(43)39-15-5-7-28(36)21-39)20-41(30)37-32(22)31-18-26-6-4-8-29(33(26)40(31)19-24-9-10-24)25-13-16-38(17-14-25)34(42)23(2)44-3/h4,6,8,11-12,18,20,23-25,28H,5,7,9-10,13-17,19,21,36H2,1-3H3/t23-,28-/m1/s1. The minimum atomic E-state index is -0.403. The lowest BCUT2D eigenvalue weighted by atomic mass is 9.88. The normalized spacial score (nSPS) is 20.5. The first-order chi connectivity index (χ1) is 21.3. The molecule has 0 radical (unpaired) electrons. The number of hydrogen-bond donors (Lipinski definition) is 1. The van der Waals surface area contributed by atoms with E-state index in [2.05, 4.69) is 35.8 Å². The van der Waals surface area contributed by atoms with Crippen LogP contribution in [0.3, 0.4) is 0 Å². The predicted octanol–water partition coefficient (Wildman–Crippen LogP) is 4.98. The Balaban J connectivity index is 1.24. The highest BCUT2D eigenvalue weighted by atomic mass is 16.5. The number of carbonyl (C=O) groups is 2. The monoisotopic (exact) mass is 596 g/mol. The molecule has 0 spiro atoms. The predicted molar refractivity (Wildman–Crippen MR) is 172 cm³/mol. The van der Waals surface area contributed by atoms with Crippen molar-refractivity contribution < 1.29 is 14.3 Å². The Morgan fingerprint density at radius 3 is 2.57 bits per heavy atom. The fraction of sp³-hybridized carbons (Fsp3) is 0.514. The Labute approximate surface area is 258 Å². The van der Waals surface area contributed by atoms with Crippen LogP contribution < -0.4 is 5.73 Å². The number of nitrogens with zero attached hydrogens (tertiary/aromatic N) is 5. The van der Waals surface area contributed by atoms with Crippen LogP contribution in [0.1, 0.15) is 72.9 Å². The lowest BCUT2D eigenvalue weighted by Gasteiger charge is -2.34. The topological polar surface area (TPSA) is 98.1 Å². The maximum Gasteiger partial charge on any atom is 0.255 e. The first-order valence-corrected chi connectivity index (χ1v) is 16.3. The van der Waals surface area contributed by atoms with Crippen molar-refractivity contribution in [3.8, 4) is 11.4 Å². The van der Waals surface area contributed by atoms with Gasteiger partial charge in [-0.1, -0.05) is 18.2 Å². The molecule has 3 aliphatic rings. The SMILES string of the molecule is CO[C@H](C)C(=O)N1CCC(c2cccc3cc(-c4nn5cc(C(=O)N6CCC[C@@H](N)C6)ccc5c4C)n(CC4CC4)c23)CC1. The smallest absolute Gasteiger partial charge is 0.255 e. The van der Waals surface area contributed by atoms with E-state index >= 15 is 0 Å². The van der Waals surface area contributed by atoms with Gasteiger partial charge in [0, 0.05) is 63.0 Å². The number of rotatable bonds is 7. The number of pyridine rings is 1. The van der Waals surface area contributed by atoms with Gasteiger partial charge in [-0.15, -0.1) is 0 Å². The van der Waals surface area contributed by atoms with Gasteiger partial charge in [-0.25, -0.2) is 4.52 Å². The molecule has 2 saturated heterocycles. The molecule has 44 heavy (non-hydrogen) atoms. The number of hydrogen-bond acceptors (Lipinski definition) is 5. The number of amides is 2. The van der Waals surface area contributed by atoms with E-state index in [-0.39, 0.29) is 17.9 Å². The van der Waals surface area contributed by atoms with Crippen molar-refractivity contribution in [1.82, 2.24) is 24.0 Å². The van der Waals surface area contributed by atoms with Gasteiger partial charge in [-0.05, 0) is 88.0 Å². The Bertz CT molecular complexity index is 1710. The van der Waals surface area contributed by atoms with Crippen molar-refractivity contribution in [2.24, 2.45) is 11.7 Å². The van der Waals surface area contributed by atoms with E-state index in [0.717, 1.165) is 74.3 Å². The molecule has 7 rings (SSSR count). The molecule has 2 N–H and O–H groups in total. The highest BCUT2D eigenvalue weighted by molar-refractivity contribution is 5.95. The van der Waals surface area contributed by atoms with Crippen molar-refractivity contribution in [2.75, 3.05) is 33.3 Å². The lowest BCUT2D eigenvalue weighted by molar-refractivity contribution is -0.142. The molecule has 1 aliphatic carbocycles. The van der Waals surface area contributed by atoms with E-state index in [1.54, 1.807) is 7.11 Å². The molecule has 9 heteroatoms. The molecular formula is C35H44N6O3. The fourth-order valence-electron chi connectivity index (χ4n) is 7.32. The zero-order valence-corrected chi connectivity index (χ0v) is 26.2. The third kappa shape index (κ3) is 5.30. The molecule has 2 aliphatic heterocycles. The summed E-state index contributed by atoms with van der Waals surface area (Å²) in [5, 5.41) is 6.34. The molecular weight excluding hydrogens is 552 g/mol. The van der Waals surface area contributed by atoms with Gasteiger partial charge in [-0.3, -0.25) is 9.59 Å². The molecule has 232 valence electrons. The Hall–Kier alpha value is -3.69. The molecule has 5 heterocycles. The van der Waals surface area contributed by atoms with Gasteiger partial charge in [0.2, 0.25) is 0 Å². The first kappa shape index (κ1) is 29.0. The van der Waals surface area contributed by atoms with Crippen LogP contribution in [-0.4, -0.2) is 81.2 Å². The third-order valence-electron chi connectivity index (χ3n) is 10.1. The van der Waals surface area contributed by atoms with Crippen LogP contribution in [0.25, 0.3) is 27.8 Å². The van der Waals surface area contributed by atoms with Crippen molar-refractivity contribution in [3.05, 3.63) is 59.3 Å². The number of carbonyl (C=O) groups excluding carboxylic acids is 2. The van der Waals surface area contributed by atoms with Gasteiger partial charge in [0.25, 0.3) is 11.8 Å². The van der Waals surface area contributed by atoms with Gasteiger partial charge in [0.15, 0.2) is 0 Å². The first-order valence-electron chi connectivity index (χ1n) is 16.3. The number of likely N-dealkylation sites (tertiary alicyclic amines) is 2. The maximum absolute atomic E-state index is 13.3. The zero-order valence-electron chi connectivity index (χ0n) is 26.2. The van der Waals surface area contributed by atoms with E-state index < -0.39 is 6.10 Å². The summed E-state index contributed by atoms with van der Waals surface area (Å²) in [6.45, 7) is 7.79. The van der Waals surface area contributed by atoms with E-state index in [4.69, 9.17) is 15.6 Å². The molecule has 4 aromatic rings. The Kier molecular flexibility index (Phi) is 7.70. The summed E-state index contributed by atoms with van der Waals surface area (Å²) in [5.74, 6) is 1.17. The Morgan fingerprint density at radius 1 is 1.05 bits per heavy atom. The molecule has 3 aromatic heterocycles. The van der Waals surface area contributed by atoms with E-state index in [1.165, 1.54) is 29.3 Å². The quantitative estimate of drug-likeness (QED) is 0.325. The minimum Gasteiger partial charge on any atom is -0.372 e. The molecule has 1 aromatic carbocycles. The van der Waals surface area contributed by atoms with Crippen molar-refractivity contribution >= 4 is 28.2 Å². The molecule has 2 atom stereocenters. The van der Waals surface area contributed by atoms with Crippen LogP contribution in [0.2, 0.25) is 0 Å². The summed E-state index contributed by atoms with van der Waals surface area (Å²) in [7, 11) is 1.59. The lowest BCUT2D eigenvalue weighted by Crippen LogP contribution is -2.45. The number of para-hydroxylation sites is 1. The van der Waals surface area contributed by atoms with Crippen LogP contribution in [0.5, 0.6) is 0 Å². The van der Waals surface area contributed by atoms with Gasteiger partial charge < -0.3 is 24.8 Å². The van der Waals surface area contributed by atoms with Gasteiger partial charge in [-0.2, -0.15) is 5.10 Å². The second kappa shape index (κ2) is 11.7. The van der Waals surface area contributed by atoms with Crippen molar-refractivity contribution in [3.63, 3.8) is 0 Å². The summed E-state index contributed by atoms with van der Waals surface area (Å²) >= 11 is 0. The van der Waals surface area contributed by atoms with Crippen LogP contribution in [-0.2, 0) is 16.1 Å². The summed E-state index contributed by atoms with van der Waals surface area (Å²) in [5.41, 5.74) is 13.7. The summed E-state index contributed by atoms with van der Waals surface area (Å²) in [6, 6.07) is 13.0. The number of piperidine rings is 2. The number of aryl methyl sites for hydroxylation is 1. The summed E-state index contributed by atoms with van der Waals surface area (Å²) in [6.07, 6.45) is 7.79. The van der Waals surface area contributed by atoms with Crippen molar-refractivity contribution in [1.29, 1.82) is 0 Å². The van der Waals surface area contributed by atoms with Crippen LogP contribution in [0.15, 0.2) is 42.6 Å². The Morgan fingerprint density at radius 2 is 1.84 bits per heavy atom. The molecule has 3 fully saturated rings. The fourth-order valence-corrected chi connectivity index (χ4v) is 7.32. The third-order valence-corrected chi connectivity index (χ3v) is 10.1. The second-order valence-corrected chi connectivity index (χ2v) is 13.2. The van der Waals surface area contributed by atoms with Crippen molar-refractivity contribution in [2.45, 2.75) is 77.0 Å². The molecule has 0 bridgehead atoms. The number of fused-ring (bicyclic) bond motifs is 2. The average Bonchev–Trinajstić information content (AvgIpc) is 3.72. The molecule has 2 amide bonds. The molecule has 9 nitrogen and oxygen atoms in total. The molecule has 0 unspecified atom stereocenters. The highest BCUT2D eigenvalue weighted by Crippen LogP contribution is 2.41. The number of benzene rings is 1. The number of aromatic nitrogens is 3. The van der Waals surface area contributed by atoms with E-state index in [0.29, 0.717) is 23.9 Å².